The number of carbonyl (C=O) groups is 2. The van der Waals surface area contributed by atoms with Gasteiger partial charge >= 0.3 is 5.97 Å². The lowest BCUT2D eigenvalue weighted by Crippen LogP contribution is -2.68. The Morgan fingerprint density at radius 1 is 0.672 bits per heavy atom. The van der Waals surface area contributed by atoms with Crippen LogP contribution in [0.1, 0.15) is 106 Å². The molecule has 8 rings (SSSR count). The lowest BCUT2D eigenvalue weighted by Gasteiger charge is -2.71. The summed E-state index contributed by atoms with van der Waals surface area (Å²) in [6.45, 7) is 13.7. The molecule has 19 heteroatoms. The van der Waals surface area contributed by atoms with E-state index in [0.29, 0.717) is 25.0 Å². The molecule has 8 aliphatic rings. The van der Waals surface area contributed by atoms with E-state index in [1.807, 2.05) is 6.92 Å². The lowest BCUT2D eigenvalue weighted by molar-refractivity contribution is -0.397. The van der Waals surface area contributed by atoms with Crippen LogP contribution in [0.3, 0.4) is 0 Å². The number of rotatable bonds is 10. The summed E-state index contributed by atoms with van der Waals surface area (Å²) in [6.07, 6.45) is -19.5. The van der Waals surface area contributed by atoms with Gasteiger partial charge in [0.25, 0.3) is 0 Å². The number of allylic oxidation sites excluding steroid dienone is 2. The SMILES string of the molecule is CC1(C)CC(=O)[C@]2(C)CC[C@]3(C)C(=CC[C@@H]4[C@@]5(C)CC[C@H](OC6O[C@H](C(=O)O)[C@@H](O)[C@H](O)[C@H]6O[C@@H]6O[C@H](CO)[C@H](O)[C@H](O)[C@H]6O[C@@H]6O[C@H](CO)[C@@H](O)[C@H](O)[C@H]6O)[C@](C)(CO)[C@@H]5CC[C@]43C)[C@@H]2C1. The summed E-state index contributed by atoms with van der Waals surface area (Å²) in [7, 11) is 0. The third-order valence-electron chi connectivity index (χ3n) is 19.3. The second kappa shape index (κ2) is 18.1. The van der Waals surface area contributed by atoms with Crippen molar-refractivity contribution >= 4 is 11.8 Å². The first-order chi connectivity index (χ1) is 31.3. The van der Waals surface area contributed by atoms with Crippen molar-refractivity contribution in [3.8, 4) is 0 Å². The highest BCUT2D eigenvalue weighted by molar-refractivity contribution is 5.87. The number of hydrogen-bond donors (Lipinski definition) is 11. The monoisotopic (exact) mass is 956 g/mol. The molecule has 24 atom stereocenters. The summed E-state index contributed by atoms with van der Waals surface area (Å²) in [4.78, 5) is 26.3. The molecule has 67 heavy (non-hydrogen) atoms. The van der Waals surface area contributed by atoms with E-state index < -0.39 is 123 Å². The molecular formula is C48H76O19. The number of carbonyl (C=O) groups excluding carboxylic acids is 1. The highest BCUT2D eigenvalue weighted by Crippen LogP contribution is 2.75. The minimum absolute atomic E-state index is 0.0909. The molecule has 0 bridgehead atoms. The standard InChI is InChI=1S/C48H76O19/c1-43(2)16-22-21-8-9-26-45(4)12-11-28(46(5,20-51)25(45)10-13-48(26,7)47(21,6)15-14-44(22,3)27(52)17-43)64-42-38(34(58)33(57)36(65-42)39(60)61)67-41-37(32(56)30(54)24(19-50)63-41)66-40-35(59)31(55)29(53)23(18-49)62-40/h8,22-26,28-38,40-42,49-51,53-59H,9-20H2,1-7H3,(H,60,61)/t22-,23+,24+,25+,26+,28-,29+,30-,31-,32-,33-,34-,35+,36-,37+,38+,40-,41-,42?,44+,45-,46+,47+,48+/m0/s1. The fraction of sp³-hybridized carbons (Fsp3) is 0.917. The van der Waals surface area contributed by atoms with Gasteiger partial charge in [-0.25, -0.2) is 4.79 Å². The second-order valence-corrected chi connectivity index (χ2v) is 23.4. The van der Waals surface area contributed by atoms with Gasteiger partial charge in [0.05, 0.1) is 25.9 Å². The number of Topliss-reactive ketones (excluding diaryl/α,β-unsaturated/α-hetero) is 1. The summed E-state index contributed by atoms with van der Waals surface area (Å²) < 4.78 is 35.9. The van der Waals surface area contributed by atoms with Crippen LogP contribution in [0, 0.1) is 50.2 Å². The van der Waals surface area contributed by atoms with E-state index in [1.54, 1.807) is 0 Å². The molecule has 5 aliphatic carbocycles. The van der Waals surface area contributed by atoms with Crippen molar-refractivity contribution in [2.45, 2.75) is 204 Å². The van der Waals surface area contributed by atoms with Crippen LogP contribution < -0.4 is 0 Å². The second-order valence-electron chi connectivity index (χ2n) is 23.4. The van der Waals surface area contributed by atoms with E-state index >= 15 is 0 Å². The largest absolute Gasteiger partial charge is 0.479 e. The van der Waals surface area contributed by atoms with Crippen LogP contribution in [-0.2, 0) is 38.0 Å². The summed E-state index contributed by atoms with van der Waals surface area (Å²) in [5.41, 5.74) is -0.597. The average Bonchev–Trinajstić information content (AvgIpc) is 3.27. The van der Waals surface area contributed by atoms with Gasteiger partial charge in [0.15, 0.2) is 25.0 Å². The van der Waals surface area contributed by atoms with Crippen LogP contribution in [0.5, 0.6) is 0 Å². The van der Waals surface area contributed by atoms with Crippen LogP contribution in [-0.4, -0.2) is 186 Å². The number of aliphatic hydroxyl groups excluding tert-OH is 10. The zero-order valence-electron chi connectivity index (χ0n) is 39.7. The Morgan fingerprint density at radius 3 is 1.87 bits per heavy atom. The van der Waals surface area contributed by atoms with E-state index in [2.05, 4.69) is 47.6 Å². The van der Waals surface area contributed by atoms with Crippen LogP contribution >= 0.6 is 0 Å². The number of fused-ring (bicyclic) bond motifs is 7. The van der Waals surface area contributed by atoms with Gasteiger partial charge in [-0.15, -0.1) is 0 Å². The lowest BCUT2D eigenvalue weighted by atomic mass is 9.33. The zero-order chi connectivity index (χ0) is 49.1. The number of hydrogen-bond acceptors (Lipinski definition) is 18. The molecule has 0 aromatic heterocycles. The van der Waals surface area contributed by atoms with Gasteiger partial charge in [0, 0.05) is 17.3 Å². The quantitative estimate of drug-likeness (QED) is 0.101. The number of ether oxygens (including phenoxy) is 6. The summed E-state index contributed by atoms with van der Waals surface area (Å²) in [6, 6.07) is 0. The van der Waals surface area contributed by atoms with Crippen LogP contribution in [0.15, 0.2) is 11.6 Å². The highest BCUT2D eigenvalue weighted by atomic mass is 16.8. The number of aliphatic hydroxyl groups is 10. The predicted octanol–water partition coefficient (Wildman–Crippen LogP) is -0.115. The Bertz CT molecular complexity index is 1880. The number of carboxylic acid groups (broad SMARTS) is 1. The van der Waals surface area contributed by atoms with Crippen molar-refractivity contribution in [1.29, 1.82) is 0 Å². The average molecular weight is 957 g/mol. The van der Waals surface area contributed by atoms with E-state index in [0.717, 1.165) is 38.5 Å². The summed E-state index contributed by atoms with van der Waals surface area (Å²) in [5, 5.41) is 118. The van der Waals surface area contributed by atoms with Crippen molar-refractivity contribution in [1.82, 2.24) is 0 Å². The fourth-order valence-electron chi connectivity index (χ4n) is 14.9. The molecule has 11 N–H and O–H groups in total. The maximum absolute atomic E-state index is 13.8. The number of ketones is 1. The van der Waals surface area contributed by atoms with Crippen molar-refractivity contribution in [2.24, 2.45) is 50.2 Å². The maximum atomic E-state index is 13.8. The zero-order valence-corrected chi connectivity index (χ0v) is 39.7. The molecule has 3 heterocycles. The number of aliphatic carboxylic acids is 1. The first-order valence-corrected chi connectivity index (χ1v) is 24.3. The van der Waals surface area contributed by atoms with Gasteiger partial charge in [0.2, 0.25) is 0 Å². The van der Waals surface area contributed by atoms with E-state index in [-0.39, 0.29) is 51.4 Å². The molecule has 7 fully saturated rings. The predicted molar refractivity (Wildman–Crippen MR) is 231 cm³/mol. The molecule has 0 amide bonds. The molecule has 0 radical (unpaired) electrons. The Balaban J connectivity index is 1.08. The molecule has 1 unspecified atom stereocenters. The Hall–Kier alpha value is -1.76. The van der Waals surface area contributed by atoms with E-state index in [1.165, 1.54) is 5.57 Å². The van der Waals surface area contributed by atoms with Crippen molar-refractivity contribution in [3.05, 3.63) is 11.6 Å². The Kier molecular flexibility index (Phi) is 13.9. The van der Waals surface area contributed by atoms with Crippen molar-refractivity contribution in [2.75, 3.05) is 19.8 Å². The summed E-state index contributed by atoms with van der Waals surface area (Å²) >= 11 is 0. The molecular weight excluding hydrogens is 881 g/mol. The first-order valence-electron chi connectivity index (χ1n) is 24.3. The Labute approximate surface area is 391 Å². The smallest absolute Gasteiger partial charge is 0.335 e. The van der Waals surface area contributed by atoms with Crippen molar-refractivity contribution < 1.29 is 94.2 Å². The fourth-order valence-corrected chi connectivity index (χ4v) is 14.9. The van der Waals surface area contributed by atoms with Crippen LogP contribution in [0.2, 0.25) is 0 Å². The van der Waals surface area contributed by atoms with Gasteiger partial charge in [-0.3, -0.25) is 4.79 Å². The van der Waals surface area contributed by atoms with Gasteiger partial charge in [-0.05, 0) is 90.8 Å². The Morgan fingerprint density at radius 2 is 1.25 bits per heavy atom. The molecule has 19 nitrogen and oxygen atoms in total. The third-order valence-corrected chi connectivity index (χ3v) is 19.3. The molecule has 0 spiro atoms. The molecule has 0 aromatic rings. The normalized spacial score (nSPS) is 54.2. The molecule has 382 valence electrons. The highest BCUT2D eigenvalue weighted by Gasteiger charge is 2.70. The van der Waals surface area contributed by atoms with Gasteiger partial charge in [-0.2, -0.15) is 0 Å². The van der Waals surface area contributed by atoms with Gasteiger partial charge < -0.3 is 84.6 Å². The molecule has 0 aromatic carbocycles. The van der Waals surface area contributed by atoms with Crippen LogP contribution in [0.25, 0.3) is 0 Å². The number of carboxylic acids is 1. The minimum atomic E-state index is -2.10. The van der Waals surface area contributed by atoms with Gasteiger partial charge in [-0.1, -0.05) is 60.1 Å². The maximum Gasteiger partial charge on any atom is 0.335 e. The van der Waals surface area contributed by atoms with Gasteiger partial charge in [0.1, 0.15) is 72.9 Å². The third kappa shape index (κ3) is 8.01. The minimum Gasteiger partial charge on any atom is -0.479 e. The van der Waals surface area contributed by atoms with E-state index in [4.69, 9.17) is 28.4 Å². The summed E-state index contributed by atoms with van der Waals surface area (Å²) in [5.74, 6) is -0.996. The molecule has 3 saturated heterocycles. The topological polar surface area (TPSA) is 312 Å². The van der Waals surface area contributed by atoms with Crippen LogP contribution in [0.4, 0.5) is 0 Å². The molecule has 3 aliphatic heterocycles. The van der Waals surface area contributed by atoms with E-state index in [9.17, 15) is 65.8 Å². The molecule has 4 saturated carbocycles. The first kappa shape index (κ1) is 51.6. The van der Waals surface area contributed by atoms with Crippen molar-refractivity contribution in [3.63, 3.8) is 0 Å².